The first kappa shape index (κ1) is 22.1. The molecule has 0 saturated carbocycles. The summed E-state index contributed by atoms with van der Waals surface area (Å²) in [5.41, 5.74) is 2.72. The Morgan fingerprint density at radius 3 is 2.38 bits per heavy atom. The standard InChI is InChI=1S/C24H21FN4OS2/c1-17-7-13-21(14-8-17)31-15-22-27-28-24(29(22)20-5-3-2-4-6-20)32-16-23(30)26-19-11-9-18(25)10-12-19/h2-14H,15-16H2,1H3,(H,26,30). The minimum absolute atomic E-state index is 0.160. The number of thioether (sulfide) groups is 2. The monoisotopic (exact) mass is 464 g/mol. The average Bonchev–Trinajstić information content (AvgIpc) is 3.22. The average molecular weight is 465 g/mol. The van der Waals surface area contributed by atoms with Crippen LogP contribution in [0.3, 0.4) is 0 Å². The zero-order valence-corrected chi connectivity index (χ0v) is 19.0. The van der Waals surface area contributed by atoms with Crippen LogP contribution in [-0.4, -0.2) is 26.4 Å². The molecule has 4 rings (SSSR count). The van der Waals surface area contributed by atoms with E-state index in [2.05, 4.69) is 46.7 Å². The SMILES string of the molecule is Cc1ccc(SCc2nnc(SCC(=O)Nc3ccc(F)cc3)n2-c2ccccc2)cc1. The summed E-state index contributed by atoms with van der Waals surface area (Å²) in [4.78, 5) is 13.5. The first-order valence-electron chi connectivity index (χ1n) is 9.96. The number of hydrogen-bond acceptors (Lipinski definition) is 5. The van der Waals surface area contributed by atoms with Crippen molar-refractivity contribution in [2.24, 2.45) is 0 Å². The van der Waals surface area contributed by atoms with E-state index in [4.69, 9.17) is 0 Å². The van der Waals surface area contributed by atoms with E-state index in [9.17, 15) is 9.18 Å². The summed E-state index contributed by atoms with van der Waals surface area (Å²) in [6.07, 6.45) is 0. The van der Waals surface area contributed by atoms with Crippen LogP contribution in [0.1, 0.15) is 11.4 Å². The maximum Gasteiger partial charge on any atom is 0.234 e. The summed E-state index contributed by atoms with van der Waals surface area (Å²) in [5, 5.41) is 12.1. The molecule has 5 nitrogen and oxygen atoms in total. The number of hydrogen-bond donors (Lipinski definition) is 1. The number of benzene rings is 3. The van der Waals surface area contributed by atoms with Crippen LogP contribution in [0, 0.1) is 12.7 Å². The molecule has 0 saturated heterocycles. The summed E-state index contributed by atoms with van der Waals surface area (Å²) in [6.45, 7) is 2.07. The number of aryl methyl sites for hydroxylation is 1. The molecule has 32 heavy (non-hydrogen) atoms. The van der Waals surface area contributed by atoms with Gasteiger partial charge in [0.1, 0.15) is 11.6 Å². The van der Waals surface area contributed by atoms with Crippen molar-refractivity contribution in [2.45, 2.75) is 22.7 Å². The quantitative estimate of drug-likeness (QED) is 0.337. The van der Waals surface area contributed by atoms with Gasteiger partial charge in [0.15, 0.2) is 5.16 Å². The molecule has 1 amide bonds. The number of anilines is 1. The Labute approximate surface area is 194 Å². The largest absolute Gasteiger partial charge is 0.325 e. The maximum absolute atomic E-state index is 13.1. The Balaban J connectivity index is 1.48. The van der Waals surface area contributed by atoms with Crippen LogP contribution in [0.5, 0.6) is 0 Å². The van der Waals surface area contributed by atoms with Gasteiger partial charge in [0.05, 0.1) is 11.5 Å². The Bertz CT molecular complexity index is 1180. The second kappa shape index (κ2) is 10.5. The van der Waals surface area contributed by atoms with Crippen LogP contribution >= 0.6 is 23.5 Å². The minimum atomic E-state index is -0.343. The van der Waals surface area contributed by atoms with E-state index in [0.29, 0.717) is 16.6 Å². The van der Waals surface area contributed by atoms with Crippen molar-refractivity contribution >= 4 is 35.1 Å². The maximum atomic E-state index is 13.1. The fourth-order valence-corrected chi connectivity index (χ4v) is 4.55. The van der Waals surface area contributed by atoms with Gasteiger partial charge in [-0.3, -0.25) is 9.36 Å². The molecule has 0 aliphatic rings. The molecule has 0 spiro atoms. The van der Waals surface area contributed by atoms with Gasteiger partial charge in [-0.1, -0.05) is 47.7 Å². The molecule has 0 radical (unpaired) electrons. The first-order valence-corrected chi connectivity index (χ1v) is 11.9. The van der Waals surface area contributed by atoms with E-state index >= 15 is 0 Å². The smallest absolute Gasteiger partial charge is 0.234 e. The zero-order valence-electron chi connectivity index (χ0n) is 17.4. The van der Waals surface area contributed by atoms with Crippen LogP contribution in [0.25, 0.3) is 5.69 Å². The lowest BCUT2D eigenvalue weighted by molar-refractivity contribution is -0.113. The fraction of sp³-hybridized carbons (Fsp3) is 0.125. The minimum Gasteiger partial charge on any atom is -0.325 e. The van der Waals surface area contributed by atoms with Crippen molar-refractivity contribution in [1.82, 2.24) is 14.8 Å². The molecule has 0 aliphatic carbocycles. The molecule has 4 aromatic rings. The Morgan fingerprint density at radius 2 is 1.66 bits per heavy atom. The Hall–Kier alpha value is -3.10. The molecule has 0 atom stereocenters. The normalized spacial score (nSPS) is 10.8. The predicted molar refractivity (Wildman–Crippen MR) is 128 cm³/mol. The summed E-state index contributed by atoms with van der Waals surface area (Å²) >= 11 is 3.00. The van der Waals surface area contributed by atoms with Crippen LogP contribution in [0.2, 0.25) is 0 Å². The van der Waals surface area contributed by atoms with Gasteiger partial charge in [0.2, 0.25) is 5.91 Å². The van der Waals surface area contributed by atoms with Crippen molar-refractivity contribution in [2.75, 3.05) is 11.1 Å². The van der Waals surface area contributed by atoms with Gasteiger partial charge in [-0.15, -0.1) is 22.0 Å². The molecular formula is C24H21FN4OS2. The molecule has 1 N–H and O–H groups in total. The van der Waals surface area contributed by atoms with E-state index in [0.717, 1.165) is 16.4 Å². The molecule has 0 fully saturated rings. The molecule has 3 aromatic carbocycles. The van der Waals surface area contributed by atoms with Crippen molar-refractivity contribution in [3.05, 3.63) is 96.1 Å². The number of nitrogens with one attached hydrogen (secondary N) is 1. The van der Waals surface area contributed by atoms with E-state index in [1.54, 1.807) is 11.8 Å². The van der Waals surface area contributed by atoms with Gasteiger partial charge in [0, 0.05) is 16.3 Å². The third-order valence-electron chi connectivity index (χ3n) is 4.56. The van der Waals surface area contributed by atoms with E-state index in [-0.39, 0.29) is 17.5 Å². The number of rotatable bonds is 8. The lowest BCUT2D eigenvalue weighted by Crippen LogP contribution is -2.14. The van der Waals surface area contributed by atoms with Gasteiger partial charge in [-0.05, 0) is 55.5 Å². The number of aromatic nitrogens is 3. The highest BCUT2D eigenvalue weighted by molar-refractivity contribution is 7.99. The second-order valence-corrected chi connectivity index (χ2v) is 9.01. The molecule has 0 aliphatic heterocycles. The van der Waals surface area contributed by atoms with Crippen molar-refractivity contribution in [3.63, 3.8) is 0 Å². The molecule has 1 aromatic heterocycles. The highest BCUT2D eigenvalue weighted by Gasteiger charge is 2.16. The van der Waals surface area contributed by atoms with Gasteiger partial charge >= 0.3 is 0 Å². The van der Waals surface area contributed by atoms with E-state index in [1.165, 1.54) is 41.6 Å². The van der Waals surface area contributed by atoms with E-state index in [1.807, 2.05) is 34.9 Å². The van der Waals surface area contributed by atoms with Gasteiger partial charge in [-0.25, -0.2) is 4.39 Å². The van der Waals surface area contributed by atoms with Crippen LogP contribution in [-0.2, 0) is 10.5 Å². The highest BCUT2D eigenvalue weighted by Crippen LogP contribution is 2.27. The van der Waals surface area contributed by atoms with Crippen molar-refractivity contribution < 1.29 is 9.18 Å². The molecular weight excluding hydrogens is 443 g/mol. The summed E-state index contributed by atoms with van der Waals surface area (Å²) in [6, 6.07) is 23.9. The van der Waals surface area contributed by atoms with Gasteiger partial charge in [0.25, 0.3) is 0 Å². The molecule has 1 heterocycles. The summed E-state index contributed by atoms with van der Waals surface area (Å²) < 4.78 is 15.0. The first-order chi connectivity index (χ1) is 15.6. The number of carbonyl (C=O) groups is 1. The lowest BCUT2D eigenvalue weighted by Gasteiger charge is -2.10. The fourth-order valence-electron chi connectivity index (χ4n) is 2.97. The highest BCUT2D eigenvalue weighted by atomic mass is 32.2. The molecule has 8 heteroatoms. The van der Waals surface area contributed by atoms with Gasteiger partial charge < -0.3 is 5.32 Å². The molecule has 0 unspecified atom stereocenters. The number of halogens is 1. The number of amides is 1. The van der Waals surface area contributed by atoms with Crippen LogP contribution in [0.4, 0.5) is 10.1 Å². The summed E-state index contributed by atoms with van der Waals surface area (Å²) in [5.74, 6) is 1.08. The third kappa shape index (κ3) is 5.77. The number of para-hydroxylation sites is 1. The molecule has 162 valence electrons. The van der Waals surface area contributed by atoms with Crippen LogP contribution < -0.4 is 5.32 Å². The molecule has 0 bridgehead atoms. The number of nitrogens with zero attached hydrogens (tertiary/aromatic N) is 3. The van der Waals surface area contributed by atoms with Gasteiger partial charge in [-0.2, -0.15) is 0 Å². The topological polar surface area (TPSA) is 59.8 Å². The van der Waals surface area contributed by atoms with Crippen molar-refractivity contribution in [1.29, 1.82) is 0 Å². The lowest BCUT2D eigenvalue weighted by atomic mass is 10.2. The Kier molecular flexibility index (Phi) is 7.24. The predicted octanol–water partition coefficient (Wildman–Crippen LogP) is 5.74. The summed E-state index contributed by atoms with van der Waals surface area (Å²) in [7, 11) is 0. The van der Waals surface area contributed by atoms with Crippen molar-refractivity contribution in [3.8, 4) is 5.69 Å². The van der Waals surface area contributed by atoms with Crippen LogP contribution in [0.15, 0.2) is 88.9 Å². The Morgan fingerprint density at radius 1 is 0.938 bits per heavy atom. The second-order valence-electron chi connectivity index (χ2n) is 7.02. The zero-order chi connectivity index (χ0) is 22.3. The number of carbonyl (C=O) groups excluding carboxylic acids is 1. The third-order valence-corrected chi connectivity index (χ3v) is 6.50. The van der Waals surface area contributed by atoms with E-state index < -0.39 is 0 Å².